The van der Waals surface area contributed by atoms with E-state index in [0.717, 1.165) is 55.3 Å². The normalized spacial score (nSPS) is 25.4. The maximum absolute atomic E-state index is 13.0. The molecule has 0 saturated carbocycles. The van der Waals surface area contributed by atoms with Crippen LogP contribution in [0.3, 0.4) is 0 Å². The van der Waals surface area contributed by atoms with E-state index in [1.165, 1.54) is 36.8 Å². The van der Waals surface area contributed by atoms with Crippen molar-refractivity contribution >= 4 is 28.5 Å². The minimum Gasteiger partial charge on any atom is -0.342 e. The van der Waals surface area contributed by atoms with Crippen molar-refractivity contribution in [3.8, 4) is 0 Å². The zero-order valence-corrected chi connectivity index (χ0v) is 24.8. The molecule has 4 heterocycles. The highest BCUT2D eigenvalue weighted by Gasteiger charge is 2.44. The molecule has 3 aromatic rings. The molecule has 5 nitrogen and oxygen atoms in total. The standard InChI is InChI=1S/C33H43ClN4O/c1-23-35-29-10-5-6-11-30(29)38(23)28-21-26-12-13-27(22-28)37(26)19-16-33(24-8-7-9-25(34)20-24)14-17-36(18-15-33)31(39)32(2,3)4/h5-11,20,26-28H,12-19,21-22H2,1-4H3. The highest BCUT2D eigenvalue weighted by molar-refractivity contribution is 6.30. The number of hydrogen-bond donors (Lipinski definition) is 0. The van der Waals surface area contributed by atoms with Gasteiger partial charge in [-0.05, 0) is 93.7 Å². The van der Waals surface area contributed by atoms with Crippen molar-refractivity contribution in [2.45, 2.75) is 96.2 Å². The average molecular weight is 547 g/mol. The van der Waals surface area contributed by atoms with Gasteiger partial charge in [0.1, 0.15) is 5.82 Å². The van der Waals surface area contributed by atoms with E-state index in [1.807, 2.05) is 26.8 Å². The summed E-state index contributed by atoms with van der Waals surface area (Å²) in [6, 6.07) is 18.9. The largest absolute Gasteiger partial charge is 0.342 e. The summed E-state index contributed by atoms with van der Waals surface area (Å²) < 4.78 is 2.52. The van der Waals surface area contributed by atoms with Gasteiger partial charge in [-0.3, -0.25) is 9.69 Å². The van der Waals surface area contributed by atoms with Crippen molar-refractivity contribution in [2.24, 2.45) is 5.41 Å². The predicted octanol–water partition coefficient (Wildman–Crippen LogP) is 7.16. The monoisotopic (exact) mass is 546 g/mol. The van der Waals surface area contributed by atoms with Gasteiger partial charge in [-0.25, -0.2) is 4.98 Å². The van der Waals surface area contributed by atoms with Crippen LogP contribution in [-0.2, 0) is 10.2 Å². The Morgan fingerprint density at radius 2 is 1.69 bits per heavy atom. The van der Waals surface area contributed by atoms with Crippen LogP contribution in [0.2, 0.25) is 5.02 Å². The number of carbonyl (C=O) groups excluding carboxylic acids is 1. The number of fused-ring (bicyclic) bond motifs is 3. The fourth-order valence-corrected chi connectivity index (χ4v) is 8.09. The third-order valence-electron chi connectivity index (χ3n) is 9.93. The molecule has 2 atom stereocenters. The van der Waals surface area contributed by atoms with Crippen molar-refractivity contribution < 1.29 is 4.79 Å². The molecule has 208 valence electrons. The SMILES string of the molecule is Cc1nc2ccccc2n1C1CC2CCC(C1)N2CCC1(c2cccc(Cl)c2)CCN(C(=O)C(C)(C)C)CC1. The predicted molar refractivity (Wildman–Crippen MR) is 159 cm³/mol. The van der Waals surface area contributed by atoms with Gasteiger partial charge in [-0.15, -0.1) is 0 Å². The Kier molecular flexibility index (Phi) is 7.04. The van der Waals surface area contributed by atoms with Gasteiger partial charge in [0.05, 0.1) is 11.0 Å². The molecular weight excluding hydrogens is 504 g/mol. The quantitative estimate of drug-likeness (QED) is 0.341. The van der Waals surface area contributed by atoms with Crippen LogP contribution >= 0.6 is 11.6 Å². The van der Waals surface area contributed by atoms with E-state index in [4.69, 9.17) is 16.6 Å². The minimum atomic E-state index is -0.335. The molecule has 3 fully saturated rings. The van der Waals surface area contributed by atoms with E-state index < -0.39 is 0 Å². The van der Waals surface area contributed by atoms with E-state index in [1.54, 1.807) is 0 Å². The van der Waals surface area contributed by atoms with Gasteiger partial charge in [0.2, 0.25) is 5.91 Å². The van der Waals surface area contributed by atoms with Gasteiger partial charge >= 0.3 is 0 Å². The fraction of sp³-hybridized carbons (Fsp3) is 0.576. The van der Waals surface area contributed by atoms with E-state index in [2.05, 4.69) is 63.8 Å². The van der Waals surface area contributed by atoms with E-state index in [0.29, 0.717) is 18.1 Å². The Morgan fingerprint density at radius 1 is 1.00 bits per heavy atom. The van der Waals surface area contributed by atoms with Crippen LogP contribution < -0.4 is 0 Å². The minimum absolute atomic E-state index is 0.0625. The topological polar surface area (TPSA) is 41.4 Å². The fourth-order valence-electron chi connectivity index (χ4n) is 7.90. The maximum Gasteiger partial charge on any atom is 0.227 e. The first-order valence-electron chi connectivity index (χ1n) is 14.9. The summed E-state index contributed by atoms with van der Waals surface area (Å²) in [5.74, 6) is 1.41. The zero-order valence-electron chi connectivity index (χ0n) is 24.0. The number of amides is 1. The molecule has 3 saturated heterocycles. The first-order chi connectivity index (χ1) is 18.6. The second-order valence-electron chi connectivity index (χ2n) is 13.3. The number of benzene rings is 2. The first kappa shape index (κ1) is 26.8. The number of aromatic nitrogens is 2. The Balaban J connectivity index is 1.19. The van der Waals surface area contributed by atoms with E-state index in [9.17, 15) is 4.79 Å². The molecule has 6 heteroatoms. The Labute approximate surface area is 238 Å². The van der Waals surface area contributed by atoms with Gasteiger partial charge in [0.25, 0.3) is 0 Å². The van der Waals surface area contributed by atoms with Crippen LogP contribution in [0.5, 0.6) is 0 Å². The van der Waals surface area contributed by atoms with Crippen molar-refractivity contribution in [1.29, 1.82) is 0 Å². The summed E-state index contributed by atoms with van der Waals surface area (Å²) >= 11 is 6.51. The number of carbonyl (C=O) groups is 1. The molecule has 3 aliphatic heterocycles. The Hall–Kier alpha value is -2.37. The second-order valence-corrected chi connectivity index (χ2v) is 13.8. The Bertz CT molecular complexity index is 1340. The molecule has 0 spiro atoms. The van der Waals surface area contributed by atoms with Crippen LogP contribution in [0.15, 0.2) is 48.5 Å². The summed E-state index contributed by atoms with van der Waals surface area (Å²) in [5, 5.41) is 0.809. The molecule has 2 aromatic carbocycles. The molecule has 3 aliphatic rings. The average Bonchev–Trinajstić information content (AvgIpc) is 3.37. The molecule has 1 aromatic heterocycles. The van der Waals surface area contributed by atoms with Crippen LogP contribution in [0, 0.1) is 12.3 Å². The number of para-hydroxylation sites is 2. The number of nitrogens with zero attached hydrogens (tertiary/aromatic N) is 4. The molecule has 6 rings (SSSR count). The molecule has 39 heavy (non-hydrogen) atoms. The van der Waals surface area contributed by atoms with Crippen LogP contribution in [-0.4, -0.2) is 57.0 Å². The number of rotatable bonds is 5. The summed E-state index contributed by atoms with van der Waals surface area (Å²) in [5.41, 5.74) is 3.47. The van der Waals surface area contributed by atoms with E-state index in [-0.39, 0.29) is 16.7 Å². The lowest BCUT2D eigenvalue weighted by Gasteiger charge is -2.46. The summed E-state index contributed by atoms with van der Waals surface area (Å²) in [6.45, 7) is 11.0. The second kappa shape index (κ2) is 10.2. The third-order valence-corrected chi connectivity index (χ3v) is 10.2. The molecular formula is C33H43ClN4O. The molecule has 2 bridgehead atoms. The summed E-state index contributed by atoms with van der Waals surface area (Å²) in [7, 11) is 0. The highest BCUT2D eigenvalue weighted by Crippen LogP contribution is 2.45. The van der Waals surface area contributed by atoms with Crippen LogP contribution in [0.1, 0.15) is 83.1 Å². The van der Waals surface area contributed by atoms with Crippen LogP contribution in [0.4, 0.5) is 0 Å². The van der Waals surface area contributed by atoms with E-state index >= 15 is 0 Å². The lowest BCUT2D eigenvalue weighted by Crippen LogP contribution is -2.50. The first-order valence-corrected chi connectivity index (χ1v) is 15.3. The Morgan fingerprint density at radius 3 is 2.36 bits per heavy atom. The zero-order chi connectivity index (χ0) is 27.4. The van der Waals surface area contributed by atoms with Crippen LogP contribution in [0.25, 0.3) is 11.0 Å². The van der Waals surface area contributed by atoms with Gasteiger partial charge in [-0.2, -0.15) is 0 Å². The number of halogens is 1. The summed E-state index contributed by atoms with van der Waals surface area (Å²) in [4.78, 5) is 22.8. The number of aryl methyl sites for hydroxylation is 1. The number of piperidine rings is 2. The van der Waals surface area contributed by atoms with Crippen molar-refractivity contribution in [1.82, 2.24) is 19.4 Å². The molecule has 0 N–H and O–H groups in total. The molecule has 0 radical (unpaired) electrons. The lowest BCUT2D eigenvalue weighted by molar-refractivity contribution is -0.141. The summed E-state index contributed by atoms with van der Waals surface area (Å²) in [6.07, 6.45) is 8.12. The smallest absolute Gasteiger partial charge is 0.227 e. The van der Waals surface area contributed by atoms with Gasteiger partial charge in [0.15, 0.2) is 0 Å². The number of hydrogen-bond acceptors (Lipinski definition) is 3. The van der Waals surface area contributed by atoms with Crippen molar-refractivity contribution in [3.63, 3.8) is 0 Å². The number of imidazole rings is 1. The van der Waals surface area contributed by atoms with Crippen molar-refractivity contribution in [2.75, 3.05) is 19.6 Å². The van der Waals surface area contributed by atoms with Gasteiger partial charge < -0.3 is 9.47 Å². The highest BCUT2D eigenvalue weighted by atomic mass is 35.5. The molecule has 1 amide bonds. The van der Waals surface area contributed by atoms with Gasteiger partial charge in [-0.1, -0.05) is 56.6 Å². The van der Waals surface area contributed by atoms with Gasteiger partial charge in [0, 0.05) is 41.7 Å². The molecule has 2 unspecified atom stereocenters. The lowest BCUT2D eigenvalue weighted by atomic mass is 9.70. The number of likely N-dealkylation sites (tertiary alicyclic amines) is 1. The molecule has 0 aliphatic carbocycles. The van der Waals surface area contributed by atoms with Crippen molar-refractivity contribution in [3.05, 3.63) is 64.9 Å². The third kappa shape index (κ3) is 5.02. The maximum atomic E-state index is 13.0.